The third-order valence-electron chi connectivity index (χ3n) is 1.86. The fourth-order valence-corrected chi connectivity index (χ4v) is 2.40. The number of halogens is 3. The molecule has 0 aliphatic heterocycles. The molecule has 1 aromatic carbocycles. The molecule has 2 aromatic rings. The molecule has 0 saturated carbocycles. The largest absolute Gasteiger partial charge is 0.429 e. The fourth-order valence-electron chi connectivity index (χ4n) is 1.10. The van der Waals surface area contributed by atoms with Crippen LogP contribution in [0, 0.1) is 0 Å². The van der Waals surface area contributed by atoms with E-state index in [9.17, 15) is 0 Å². The molecule has 1 N–H and O–H groups in total. The van der Waals surface area contributed by atoms with E-state index in [1.54, 1.807) is 18.2 Å². The van der Waals surface area contributed by atoms with Gasteiger partial charge in [-0.25, -0.2) is 0 Å². The van der Waals surface area contributed by atoms with Crippen molar-refractivity contribution in [3.8, 4) is 10.9 Å². The molecule has 0 unspecified atom stereocenters. The summed E-state index contributed by atoms with van der Waals surface area (Å²) in [6.07, 6.45) is 0. The highest BCUT2D eigenvalue weighted by Crippen LogP contribution is 2.36. The predicted molar refractivity (Wildman–Crippen MR) is 69.6 cm³/mol. The Balaban J connectivity index is 2.27. The van der Waals surface area contributed by atoms with Crippen molar-refractivity contribution >= 4 is 46.1 Å². The third-order valence-corrected chi connectivity index (χ3v) is 3.75. The first-order valence-electron chi connectivity index (χ1n) is 4.49. The van der Waals surface area contributed by atoms with E-state index in [-0.39, 0.29) is 11.8 Å². The van der Waals surface area contributed by atoms with Crippen molar-refractivity contribution in [1.82, 2.24) is 4.98 Å². The zero-order chi connectivity index (χ0) is 12.4. The van der Waals surface area contributed by atoms with Gasteiger partial charge in [0.1, 0.15) is 10.9 Å². The second kappa shape index (κ2) is 5.42. The van der Waals surface area contributed by atoms with Crippen molar-refractivity contribution < 1.29 is 9.84 Å². The Bertz CT molecular complexity index is 544. The first-order chi connectivity index (χ1) is 8.10. The molecule has 90 valence electrons. The van der Waals surface area contributed by atoms with Crippen LogP contribution in [0.5, 0.6) is 10.9 Å². The van der Waals surface area contributed by atoms with Gasteiger partial charge in [0, 0.05) is 11.1 Å². The summed E-state index contributed by atoms with van der Waals surface area (Å²) >= 11 is 18.7. The SMILES string of the molecule is OCc1sc(Oc2cc(Cl)ccc2Cl)nc1Cl. The smallest absolute Gasteiger partial charge is 0.280 e. The lowest BCUT2D eigenvalue weighted by molar-refractivity contribution is 0.285. The number of ether oxygens (including phenoxy) is 1. The summed E-state index contributed by atoms with van der Waals surface area (Å²) < 4.78 is 5.45. The van der Waals surface area contributed by atoms with Crippen molar-refractivity contribution in [2.24, 2.45) is 0 Å². The molecule has 0 radical (unpaired) electrons. The Kier molecular flexibility index (Phi) is 4.12. The summed E-state index contributed by atoms with van der Waals surface area (Å²) in [5.74, 6) is 0.397. The number of hydrogen-bond acceptors (Lipinski definition) is 4. The summed E-state index contributed by atoms with van der Waals surface area (Å²) in [6.45, 7) is -0.177. The van der Waals surface area contributed by atoms with Crippen molar-refractivity contribution in [2.45, 2.75) is 6.61 Å². The van der Waals surface area contributed by atoms with Gasteiger partial charge in [-0.2, -0.15) is 4.98 Å². The average molecular weight is 311 g/mol. The van der Waals surface area contributed by atoms with Crippen LogP contribution in [0.15, 0.2) is 18.2 Å². The molecule has 0 bridgehead atoms. The number of benzene rings is 1. The zero-order valence-electron chi connectivity index (χ0n) is 8.28. The van der Waals surface area contributed by atoms with Crippen LogP contribution >= 0.6 is 46.1 Å². The highest BCUT2D eigenvalue weighted by molar-refractivity contribution is 7.13. The van der Waals surface area contributed by atoms with Crippen LogP contribution in [0.2, 0.25) is 15.2 Å². The van der Waals surface area contributed by atoms with Crippen LogP contribution in [0.3, 0.4) is 0 Å². The quantitative estimate of drug-likeness (QED) is 0.914. The van der Waals surface area contributed by atoms with Crippen LogP contribution in [0.1, 0.15) is 4.88 Å². The molecule has 2 rings (SSSR count). The van der Waals surface area contributed by atoms with Gasteiger partial charge in [-0.05, 0) is 12.1 Å². The first-order valence-corrected chi connectivity index (χ1v) is 6.44. The normalized spacial score (nSPS) is 10.6. The maximum absolute atomic E-state index is 8.98. The Morgan fingerprint density at radius 3 is 2.71 bits per heavy atom. The monoisotopic (exact) mass is 309 g/mol. The molecule has 0 saturated heterocycles. The van der Waals surface area contributed by atoms with E-state index < -0.39 is 0 Å². The van der Waals surface area contributed by atoms with E-state index in [0.717, 1.165) is 11.3 Å². The van der Waals surface area contributed by atoms with Gasteiger partial charge in [0.25, 0.3) is 5.19 Å². The van der Waals surface area contributed by atoms with Crippen molar-refractivity contribution in [1.29, 1.82) is 0 Å². The number of hydrogen-bond donors (Lipinski definition) is 1. The number of rotatable bonds is 3. The van der Waals surface area contributed by atoms with Gasteiger partial charge in [0.05, 0.1) is 16.5 Å². The lowest BCUT2D eigenvalue weighted by Gasteiger charge is -2.03. The minimum absolute atomic E-state index is 0.177. The van der Waals surface area contributed by atoms with E-state index in [2.05, 4.69) is 4.98 Å². The number of aliphatic hydroxyl groups excluding tert-OH is 1. The summed E-state index contributed by atoms with van der Waals surface area (Å²) in [4.78, 5) is 4.49. The first kappa shape index (κ1) is 12.9. The minimum atomic E-state index is -0.177. The summed E-state index contributed by atoms with van der Waals surface area (Å²) in [5.41, 5.74) is 0. The Morgan fingerprint density at radius 1 is 1.29 bits per heavy atom. The lowest BCUT2D eigenvalue weighted by Crippen LogP contribution is -1.84. The standard InChI is InChI=1S/C10H6Cl3NO2S/c11-5-1-2-6(12)7(3-5)16-10-14-9(13)8(4-15)17-10/h1-3,15H,4H2. The van der Waals surface area contributed by atoms with Crippen LogP contribution < -0.4 is 4.74 Å². The van der Waals surface area contributed by atoms with E-state index >= 15 is 0 Å². The molecule has 0 aliphatic rings. The van der Waals surface area contributed by atoms with Gasteiger partial charge in [0.15, 0.2) is 0 Å². The number of nitrogens with zero attached hydrogens (tertiary/aromatic N) is 1. The second-order valence-electron chi connectivity index (χ2n) is 3.03. The van der Waals surface area contributed by atoms with Gasteiger partial charge in [-0.1, -0.05) is 46.1 Å². The van der Waals surface area contributed by atoms with Gasteiger partial charge < -0.3 is 9.84 Å². The Hall–Kier alpha value is -0.520. The lowest BCUT2D eigenvalue weighted by atomic mass is 10.3. The number of thiazole rings is 1. The van der Waals surface area contributed by atoms with Gasteiger partial charge in [-0.15, -0.1) is 0 Å². The molecular weight excluding hydrogens is 305 g/mol. The van der Waals surface area contributed by atoms with E-state index in [1.807, 2.05) is 0 Å². The van der Waals surface area contributed by atoms with Gasteiger partial charge in [0.2, 0.25) is 0 Å². The maximum atomic E-state index is 8.98. The molecule has 1 aromatic heterocycles. The molecule has 0 amide bonds. The Labute approximate surface area is 117 Å². The number of aliphatic hydroxyl groups is 1. The molecule has 0 aliphatic carbocycles. The summed E-state index contributed by atoms with van der Waals surface area (Å²) in [5, 5.41) is 10.4. The molecule has 7 heteroatoms. The molecular formula is C10H6Cl3NO2S. The minimum Gasteiger partial charge on any atom is -0.429 e. The fraction of sp³-hybridized carbons (Fsp3) is 0.100. The zero-order valence-corrected chi connectivity index (χ0v) is 11.4. The number of aromatic nitrogens is 1. The van der Waals surface area contributed by atoms with Crippen LogP contribution in [-0.2, 0) is 6.61 Å². The second-order valence-corrected chi connectivity index (χ2v) is 5.28. The topological polar surface area (TPSA) is 42.4 Å². The third kappa shape index (κ3) is 3.03. The molecule has 17 heavy (non-hydrogen) atoms. The van der Waals surface area contributed by atoms with Crippen LogP contribution in [0.25, 0.3) is 0 Å². The highest BCUT2D eigenvalue weighted by atomic mass is 35.5. The van der Waals surface area contributed by atoms with Crippen LogP contribution in [-0.4, -0.2) is 10.1 Å². The molecule has 0 spiro atoms. The molecule has 0 fully saturated rings. The maximum Gasteiger partial charge on any atom is 0.280 e. The molecule has 3 nitrogen and oxygen atoms in total. The van der Waals surface area contributed by atoms with Crippen molar-refractivity contribution in [2.75, 3.05) is 0 Å². The predicted octanol–water partition coefficient (Wildman–Crippen LogP) is 4.39. The van der Waals surface area contributed by atoms with E-state index in [4.69, 9.17) is 44.6 Å². The van der Waals surface area contributed by atoms with E-state index in [0.29, 0.717) is 25.9 Å². The van der Waals surface area contributed by atoms with E-state index in [1.165, 1.54) is 0 Å². The summed E-state index contributed by atoms with van der Waals surface area (Å²) in [7, 11) is 0. The van der Waals surface area contributed by atoms with Crippen LogP contribution in [0.4, 0.5) is 0 Å². The van der Waals surface area contributed by atoms with Crippen molar-refractivity contribution in [3.05, 3.63) is 38.3 Å². The van der Waals surface area contributed by atoms with Gasteiger partial charge >= 0.3 is 0 Å². The Morgan fingerprint density at radius 2 is 2.06 bits per heavy atom. The highest BCUT2D eigenvalue weighted by Gasteiger charge is 2.12. The van der Waals surface area contributed by atoms with Gasteiger partial charge in [-0.3, -0.25) is 0 Å². The average Bonchev–Trinajstić information content (AvgIpc) is 2.64. The summed E-state index contributed by atoms with van der Waals surface area (Å²) in [6, 6.07) is 4.87. The molecule has 1 heterocycles. The molecule has 0 atom stereocenters. The van der Waals surface area contributed by atoms with Crippen molar-refractivity contribution in [3.63, 3.8) is 0 Å².